The minimum absolute atomic E-state index is 0.00832. The summed E-state index contributed by atoms with van der Waals surface area (Å²) >= 11 is 0. The molecule has 3 N–H and O–H groups in total. The summed E-state index contributed by atoms with van der Waals surface area (Å²) in [6.45, 7) is 4.68. The molecule has 3 atom stereocenters. The number of aliphatic hydroxyl groups excluding tert-OH is 2. The Morgan fingerprint density at radius 3 is 2.55 bits per heavy atom. The largest absolute Gasteiger partial charge is 0.388 e. The minimum Gasteiger partial charge on any atom is -0.388 e. The molecule has 2 amide bonds. The van der Waals surface area contributed by atoms with Crippen molar-refractivity contribution in [3.8, 4) is 0 Å². The molecule has 1 aromatic heterocycles. The second-order valence-corrected chi connectivity index (χ2v) is 10.3. The second kappa shape index (κ2) is 15.6. The standard InChI is InChI=1S/C28H39FN4O7/c1-19(2)11-16-40-24-17-33(27(37)20-7-3-4-8-21(20)29)14-13-32(28(38)22-9-10-25(35)31-30-22)12-5-6-15-39-18-23(34)26(24)36/h3-4,7-10,19,23-24,26,34,36H,5-6,11-18H2,1-2H3,(H,31,35)/t23-,24-,26-/m1/s1. The first kappa shape index (κ1) is 31.3. The van der Waals surface area contributed by atoms with Crippen molar-refractivity contribution in [2.45, 2.75) is 51.4 Å². The van der Waals surface area contributed by atoms with Gasteiger partial charge in [0.05, 0.1) is 12.2 Å². The maximum absolute atomic E-state index is 14.6. The van der Waals surface area contributed by atoms with Crippen LogP contribution in [-0.4, -0.2) is 106 Å². The van der Waals surface area contributed by atoms with Gasteiger partial charge in [0.25, 0.3) is 17.4 Å². The zero-order valence-electron chi connectivity index (χ0n) is 23.0. The van der Waals surface area contributed by atoms with Gasteiger partial charge in [0.1, 0.15) is 29.8 Å². The van der Waals surface area contributed by atoms with Crippen molar-refractivity contribution in [3.63, 3.8) is 0 Å². The van der Waals surface area contributed by atoms with Crippen molar-refractivity contribution in [1.29, 1.82) is 0 Å². The lowest BCUT2D eigenvalue weighted by Gasteiger charge is -2.34. The molecule has 40 heavy (non-hydrogen) atoms. The number of rotatable bonds is 6. The molecule has 0 bridgehead atoms. The summed E-state index contributed by atoms with van der Waals surface area (Å²) in [5.41, 5.74) is -0.568. The van der Waals surface area contributed by atoms with Gasteiger partial charge >= 0.3 is 0 Å². The Bertz CT molecular complexity index is 1140. The number of aromatic nitrogens is 2. The van der Waals surface area contributed by atoms with Crippen molar-refractivity contribution in [1.82, 2.24) is 20.0 Å². The minimum atomic E-state index is -1.38. The molecule has 1 aliphatic rings. The van der Waals surface area contributed by atoms with Gasteiger partial charge in [-0.15, -0.1) is 0 Å². The SMILES string of the molecule is CC(C)CCO[C@@H]1CN(C(=O)c2ccccc2F)CCN(C(=O)c2ccc(=O)[nH]n2)CCCCOC[C@@H](O)[C@H]1O. The summed E-state index contributed by atoms with van der Waals surface area (Å²) in [5, 5.41) is 27.7. The van der Waals surface area contributed by atoms with Gasteiger partial charge in [-0.3, -0.25) is 14.4 Å². The number of aliphatic hydroxyl groups is 2. The van der Waals surface area contributed by atoms with Gasteiger partial charge in [-0.25, -0.2) is 9.49 Å². The van der Waals surface area contributed by atoms with Crippen molar-refractivity contribution in [2.24, 2.45) is 5.92 Å². The summed E-state index contributed by atoms with van der Waals surface area (Å²) in [4.78, 5) is 41.1. The molecule has 1 fully saturated rings. The topological polar surface area (TPSA) is 145 Å². The van der Waals surface area contributed by atoms with Crippen LogP contribution in [0.25, 0.3) is 0 Å². The Hall–Kier alpha value is -3.19. The fourth-order valence-corrected chi connectivity index (χ4v) is 4.25. The van der Waals surface area contributed by atoms with Crippen LogP contribution in [0.5, 0.6) is 0 Å². The van der Waals surface area contributed by atoms with Crippen molar-refractivity contribution in [3.05, 3.63) is 63.8 Å². The van der Waals surface area contributed by atoms with E-state index < -0.39 is 41.5 Å². The first-order chi connectivity index (χ1) is 19.2. The van der Waals surface area contributed by atoms with Crippen LogP contribution in [0, 0.1) is 11.7 Å². The maximum atomic E-state index is 14.6. The van der Waals surface area contributed by atoms with Crippen LogP contribution in [0.4, 0.5) is 4.39 Å². The number of carbonyl (C=O) groups is 2. The van der Waals surface area contributed by atoms with Gasteiger partial charge in [0.2, 0.25) is 0 Å². The molecule has 1 aromatic carbocycles. The van der Waals surface area contributed by atoms with E-state index >= 15 is 0 Å². The molecule has 220 valence electrons. The summed E-state index contributed by atoms with van der Waals surface area (Å²) in [7, 11) is 0. The Kier molecular flexibility index (Phi) is 12.2. The maximum Gasteiger partial charge on any atom is 0.274 e. The van der Waals surface area contributed by atoms with Crippen LogP contribution in [0.3, 0.4) is 0 Å². The number of amides is 2. The van der Waals surface area contributed by atoms with Gasteiger partial charge in [-0.05, 0) is 43.4 Å². The predicted molar refractivity (Wildman–Crippen MR) is 144 cm³/mol. The van der Waals surface area contributed by atoms with E-state index in [4.69, 9.17) is 9.47 Å². The van der Waals surface area contributed by atoms with Gasteiger partial charge in [-0.1, -0.05) is 26.0 Å². The highest BCUT2D eigenvalue weighted by molar-refractivity contribution is 5.95. The first-order valence-electron chi connectivity index (χ1n) is 13.6. The smallest absolute Gasteiger partial charge is 0.274 e. The summed E-state index contributed by atoms with van der Waals surface area (Å²) < 4.78 is 26.2. The Balaban J connectivity index is 1.91. The van der Waals surface area contributed by atoms with E-state index in [1.54, 1.807) is 6.07 Å². The number of carbonyl (C=O) groups excluding carboxylic acids is 2. The van der Waals surface area contributed by atoms with Crippen LogP contribution < -0.4 is 5.56 Å². The van der Waals surface area contributed by atoms with Gasteiger partial charge < -0.3 is 29.5 Å². The van der Waals surface area contributed by atoms with Crippen molar-refractivity contribution in [2.75, 3.05) is 46.0 Å². The zero-order valence-corrected chi connectivity index (χ0v) is 23.0. The fraction of sp³-hybridized carbons (Fsp3) is 0.571. The third kappa shape index (κ3) is 9.19. The number of hydrogen-bond donors (Lipinski definition) is 3. The summed E-state index contributed by atoms with van der Waals surface area (Å²) in [6.07, 6.45) is -1.84. The van der Waals surface area contributed by atoms with E-state index in [9.17, 15) is 29.0 Å². The molecule has 0 saturated carbocycles. The first-order valence-corrected chi connectivity index (χ1v) is 13.6. The lowest BCUT2D eigenvalue weighted by atomic mass is 10.1. The predicted octanol–water partition coefficient (Wildman–Crippen LogP) is 1.46. The monoisotopic (exact) mass is 562 g/mol. The average molecular weight is 563 g/mol. The van der Waals surface area contributed by atoms with Crippen LogP contribution in [0.1, 0.15) is 54.0 Å². The highest BCUT2D eigenvalue weighted by atomic mass is 19.1. The molecular formula is C28H39FN4O7. The molecule has 1 saturated heterocycles. The van der Waals surface area contributed by atoms with E-state index in [1.807, 2.05) is 13.8 Å². The number of benzene rings is 1. The second-order valence-electron chi connectivity index (χ2n) is 10.3. The van der Waals surface area contributed by atoms with Crippen LogP contribution in [0.15, 0.2) is 41.2 Å². The van der Waals surface area contributed by atoms with Crippen molar-refractivity contribution >= 4 is 11.8 Å². The molecule has 0 aliphatic carbocycles. The zero-order chi connectivity index (χ0) is 29.1. The molecule has 0 radical (unpaired) electrons. The number of ether oxygens (including phenoxy) is 2. The number of halogens is 1. The summed E-state index contributed by atoms with van der Waals surface area (Å²) in [6, 6.07) is 8.10. The number of H-pyrrole nitrogens is 1. The van der Waals surface area contributed by atoms with E-state index in [-0.39, 0.29) is 44.1 Å². The lowest BCUT2D eigenvalue weighted by molar-refractivity contribution is -0.116. The third-order valence-electron chi connectivity index (χ3n) is 6.67. The normalized spacial score (nSPS) is 21.7. The van der Waals surface area contributed by atoms with Gasteiger partial charge in [0.15, 0.2) is 0 Å². The molecule has 2 aromatic rings. The van der Waals surface area contributed by atoms with E-state index in [1.165, 1.54) is 40.1 Å². The van der Waals surface area contributed by atoms with Gasteiger partial charge in [-0.2, -0.15) is 5.10 Å². The fourth-order valence-electron chi connectivity index (χ4n) is 4.25. The highest BCUT2D eigenvalue weighted by Gasteiger charge is 2.32. The van der Waals surface area contributed by atoms with Crippen LogP contribution >= 0.6 is 0 Å². The van der Waals surface area contributed by atoms with Crippen molar-refractivity contribution < 1.29 is 33.7 Å². The molecule has 2 heterocycles. The third-order valence-corrected chi connectivity index (χ3v) is 6.67. The molecule has 0 unspecified atom stereocenters. The molecular weight excluding hydrogens is 523 g/mol. The Morgan fingerprint density at radius 2 is 1.85 bits per heavy atom. The number of hydrogen-bond acceptors (Lipinski definition) is 8. The number of nitrogens with zero attached hydrogens (tertiary/aromatic N) is 3. The molecule has 3 rings (SSSR count). The van der Waals surface area contributed by atoms with E-state index in [0.29, 0.717) is 38.3 Å². The average Bonchev–Trinajstić information content (AvgIpc) is 2.93. The lowest BCUT2D eigenvalue weighted by Crippen LogP contribution is -2.51. The van der Waals surface area contributed by atoms with Crippen LogP contribution in [0.2, 0.25) is 0 Å². The molecule has 1 aliphatic heterocycles. The van der Waals surface area contributed by atoms with E-state index in [2.05, 4.69) is 10.2 Å². The summed E-state index contributed by atoms with van der Waals surface area (Å²) in [5.74, 6) is -1.47. The molecule has 11 nitrogen and oxygen atoms in total. The molecule has 0 spiro atoms. The highest BCUT2D eigenvalue weighted by Crippen LogP contribution is 2.16. The molecule has 12 heteroatoms. The Labute approximate surface area is 232 Å². The Morgan fingerprint density at radius 1 is 1.10 bits per heavy atom. The number of nitrogens with one attached hydrogen (secondary N) is 1. The van der Waals surface area contributed by atoms with Crippen LogP contribution in [-0.2, 0) is 9.47 Å². The number of aromatic amines is 1. The van der Waals surface area contributed by atoms with E-state index in [0.717, 1.165) is 0 Å². The quantitative estimate of drug-likeness (QED) is 0.480. The van der Waals surface area contributed by atoms with Gasteiger partial charge in [0, 0.05) is 45.5 Å².